The van der Waals surface area contributed by atoms with Crippen LogP contribution in [0.4, 0.5) is 5.82 Å². The number of nitrogens with zero attached hydrogens (tertiary/aromatic N) is 6. The number of anilines is 1. The first-order chi connectivity index (χ1) is 12.1. The molecule has 0 saturated carbocycles. The van der Waals surface area contributed by atoms with E-state index in [-0.39, 0.29) is 0 Å². The summed E-state index contributed by atoms with van der Waals surface area (Å²) in [5, 5.41) is 11.2. The SMILES string of the molecule is Cc1nnc(CN2CCN(c3nc(Cl)cc4ccccc34)CC2)n1C. The zero-order valence-electron chi connectivity index (χ0n) is 14.5. The number of rotatable bonds is 3. The topological polar surface area (TPSA) is 50.1 Å². The third-order valence-corrected chi connectivity index (χ3v) is 5.10. The summed E-state index contributed by atoms with van der Waals surface area (Å²) in [4.78, 5) is 9.33. The van der Waals surface area contributed by atoms with Gasteiger partial charge in [0, 0.05) is 38.6 Å². The van der Waals surface area contributed by atoms with E-state index >= 15 is 0 Å². The van der Waals surface area contributed by atoms with E-state index in [1.54, 1.807) is 0 Å². The van der Waals surface area contributed by atoms with Gasteiger partial charge >= 0.3 is 0 Å². The van der Waals surface area contributed by atoms with Crippen LogP contribution in [0.25, 0.3) is 10.8 Å². The molecule has 0 amide bonds. The number of piperazine rings is 1. The van der Waals surface area contributed by atoms with Gasteiger partial charge in [-0.25, -0.2) is 4.98 Å². The highest BCUT2D eigenvalue weighted by Crippen LogP contribution is 2.28. The quantitative estimate of drug-likeness (QED) is 0.675. The Morgan fingerprint density at radius 1 is 1.08 bits per heavy atom. The van der Waals surface area contributed by atoms with Gasteiger partial charge in [0.15, 0.2) is 0 Å². The summed E-state index contributed by atoms with van der Waals surface area (Å²) in [6, 6.07) is 10.2. The lowest BCUT2D eigenvalue weighted by atomic mass is 10.1. The van der Waals surface area contributed by atoms with Gasteiger partial charge in [0.2, 0.25) is 0 Å². The summed E-state index contributed by atoms with van der Waals surface area (Å²) >= 11 is 6.23. The van der Waals surface area contributed by atoms with Gasteiger partial charge in [-0.15, -0.1) is 10.2 Å². The maximum atomic E-state index is 6.23. The average Bonchev–Trinajstić information content (AvgIpc) is 2.94. The minimum atomic E-state index is 0.547. The Balaban J connectivity index is 1.50. The zero-order valence-corrected chi connectivity index (χ0v) is 15.2. The molecule has 25 heavy (non-hydrogen) atoms. The normalized spacial score (nSPS) is 15.9. The Morgan fingerprint density at radius 3 is 2.56 bits per heavy atom. The molecule has 1 aliphatic heterocycles. The fourth-order valence-electron chi connectivity index (χ4n) is 3.30. The Bertz CT molecular complexity index is 898. The molecule has 7 heteroatoms. The molecule has 0 aliphatic carbocycles. The molecule has 0 bridgehead atoms. The third kappa shape index (κ3) is 3.19. The first kappa shape index (κ1) is 16.3. The van der Waals surface area contributed by atoms with Crippen molar-refractivity contribution in [3.63, 3.8) is 0 Å². The smallest absolute Gasteiger partial charge is 0.146 e. The zero-order chi connectivity index (χ0) is 17.4. The molecule has 3 aromatic rings. The van der Waals surface area contributed by atoms with Crippen molar-refractivity contribution in [3.05, 3.63) is 47.1 Å². The summed E-state index contributed by atoms with van der Waals surface area (Å²) in [7, 11) is 2.02. The average molecular weight is 357 g/mol. The summed E-state index contributed by atoms with van der Waals surface area (Å²) in [6.07, 6.45) is 0. The number of benzene rings is 1. The van der Waals surface area contributed by atoms with Crippen LogP contribution in [0.2, 0.25) is 5.15 Å². The highest BCUT2D eigenvalue weighted by atomic mass is 35.5. The fraction of sp³-hybridized carbons (Fsp3) is 0.389. The molecular formula is C18H21ClN6. The number of hydrogen-bond donors (Lipinski definition) is 0. The van der Waals surface area contributed by atoms with Crippen LogP contribution in [0.3, 0.4) is 0 Å². The van der Waals surface area contributed by atoms with Gasteiger partial charge in [0.05, 0.1) is 6.54 Å². The van der Waals surface area contributed by atoms with E-state index in [1.165, 1.54) is 0 Å². The first-order valence-electron chi connectivity index (χ1n) is 8.49. The second-order valence-electron chi connectivity index (χ2n) is 6.48. The summed E-state index contributed by atoms with van der Waals surface area (Å²) in [6.45, 7) is 6.59. The van der Waals surface area contributed by atoms with E-state index < -0.39 is 0 Å². The number of fused-ring (bicyclic) bond motifs is 1. The molecule has 0 unspecified atom stereocenters. The van der Waals surface area contributed by atoms with Crippen LogP contribution in [-0.2, 0) is 13.6 Å². The molecule has 1 aromatic carbocycles. The van der Waals surface area contributed by atoms with Crippen molar-refractivity contribution >= 4 is 28.2 Å². The molecular weight excluding hydrogens is 336 g/mol. The van der Waals surface area contributed by atoms with E-state index in [1.807, 2.05) is 32.2 Å². The van der Waals surface area contributed by atoms with Crippen molar-refractivity contribution in [1.82, 2.24) is 24.6 Å². The van der Waals surface area contributed by atoms with Crippen LogP contribution in [0.15, 0.2) is 30.3 Å². The molecule has 1 fully saturated rings. The fourth-order valence-corrected chi connectivity index (χ4v) is 3.49. The van der Waals surface area contributed by atoms with E-state index in [9.17, 15) is 0 Å². The van der Waals surface area contributed by atoms with Crippen molar-refractivity contribution in [2.75, 3.05) is 31.1 Å². The minimum Gasteiger partial charge on any atom is -0.353 e. The molecule has 3 heterocycles. The third-order valence-electron chi connectivity index (χ3n) is 4.91. The number of hydrogen-bond acceptors (Lipinski definition) is 5. The predicted molar refractivity (Wildman–Crippen MR) is 100.0 cm³/mol. The molecule has 0 spiro atoms. The van der Waals surface area contributed by atoms with Gasteiger partial charge < -0.3 is 9.47 Å². The van der Waals surface area contributed by atoms with E-state index in [2.05, 4.69) is 41.7 Å². The van der Waals surface area contributed by atoms with E-state index in [4.69, 9.17) is 11.6 Å². The van der Waals surface area contributed by atoms with Crippen LogP contribution in [-0.4, -0.2) is 50.8 Å². The monoisotopic (exact) mass is 356 g/mol. The Hall–Kier alpha value is -2.18. The molecule has 4 rings (SSSR count). The number of halogens is 1. The molecule has 1 aliphatic rings. The first-order valence-corrected chi connectivity index (χ1v) is 8.87. The van der Waals surface area contributed by atoms with Gasteiger partial charge in [-0.3, -0.25) is 4.90 Å². The predicted octanol–water partition coefficient (Wildman–Crippen LogP) is 2.65. The minimum absolute atomic E-state index is 0.547. The number of pyridine rings is 1. The van der Waals surface area contributed by atoms with Crippen molar-refractivity contribution in [2.24, 2.45) is 7.05 Å². The van der Waals surface area contributed by atoms with Crippen LogP contribution >= 0.6 is 11.6 Å². The van der Waals surface area contributed by atoms with Gasteiger partial charge in [-0.05, 0) is 18.4 Å². The number of aryl methyl sites for hydroxylation is 1. The standard InChI is InChI=1S/C18H21ClN6/c1-13-21-22-17(23(13)2)12-24-7-9-25(10-8-24)18-15-6-4-3-5-14(15)11-16(19)20-18/h3-6,11H,7-10,12H2,1-2H3. The van der Waals surface area contributed by atoms with Crippen molar-refractivity contribution in [3.8, 4) is 0 Å². The summed E-state index contributed by atoms with van der Waals surface area (Å²) in [5.74, 6) is 2.94. The molecule has 0 N–H and O–H groups in total. The molecule has 0 atom stereocenters. The van der Waals surface area contributed by atoms with E-state index in [0.717, 1.165) is 61.0 Å². The Labute approximate surface area is 152 Å². The highest BCUT2D eigenvalue weighted by molar-refractivity contribution is 6.30. The molecule has 1 saturated heterocycles. The van der Waals surface area contributed by atoms with Crippen molar-refractivity contribution < 1.29 is 0 Å². The Morgan fingerprint density at radius 2 is 1.84 bits per heavy atom. The lowest BCUT2D eigenvalue weighted by Gasteiger charge is -2.35. The maximum absolute atomic E-state index is 6.23. The Kier molecular flexibility index (Phi) is 4.31. The second-order valence-corrected chi connectivity index (χ2v) is 6.86. The van der Waals surface area contributed by atoms with Gasteiger partial charge in [-0.2, -0.15) is 0 Å². The van der Waals surface area contributed by atoms with Crippen LogP contribution in [0.1, 0.15) is 11.6 Å². The second kappa shape index (κ2) is 6.61. The van der Waals surface area contributed by atoms with Crippen LogP contribution in [0.5, 0.6) is 0 Å². The van der Waals surface area contributed by atoms with Gasteiger partial charge in [0.1, 0.15) is 22.6 Å². The van der Waals surface area contributed by atoms with Gasteiger partial charge in [0.25, 0.3) is 0 Å². The molecule has 0 radical (unpaired) electrons. The molecule has 130 valence electrons. The highest BCUT2D eigenvalue weighted by Gasteiger charge is 2.21. The number of aromatic nitrogens is 4. The molecule has 2 aromatic heterocycles. The van der Waals surface area contributed by atoms with Gasteiger partial charge in [-0.1, -0.05) is 35.9 Å². The van der Waals surface area contributed by atoms with Crippen LogP contribution in [0, 0.1) is 6.92 Å². The lowest BCUT2D eigenvalue weighted by Crippen LogP contribution is -2.46. The maximum Gasteiger partial charge on any atom is 0.146 e. The largest absolute Gasteiger partial charge is 0.353 e. The van der Waals surface area contributed by atoms with Crippen molar-refractivity contribution in [2.45, 2.75) is 13.5 Å². The van der Waals surface area contributed by atoms with E-state index in [0.29, 0.717) is 5.15 Å². The van der Waals surface area contributed by atoms with Crippen molar-refractivity contribution in [1.29, 1.82) is 0 Å². The lowest BCUT2D eigenvalue weighted by molar-refractivity contribution is 0.241. The van der Waals surface area contributed by atoms with Crippen LogP contribution < -0.4 is 4.90 Å². The summed E-state index contributed by atoms with van der Waals surface area (Å²) in [5.41, 5.74) is 0. The molecule has 6 nitrogen and oxygen atoms in total. The summed E-state index contributed by atoms with van der Waals surface area (Å²) < 4.78 is 2.05.